The zero-order valence-corrected chi connectivity index (χ0v) is 14.2. The van der Waals surface area contributed by atoms with Crippen LogP contribution in [0.2, 0.25) is 5.15 Å². The van der Waals surface area contributed by atoms with Gasteiger partial charge in [0.2, 0.25) is 0 Å². The Kier molecular flexibility index (Phi) is 4.62. The van der Waals surface area contributed by atoms with Gasteiger partial charge in [0.1, 0.15) is 5.15 Å². The maximum absolute atomic E-state index is 12.2. The van der Waals surface area contributed by atoms with Gasteiger partial charge in [0.05, 0.1) is 11.4 Å². The van der Waals surface area contributed by atoms with Crippen LogP contribution in [0.3, 0.4) is 0 Å². The lowest BCUT2D eigenvalue weighted by molar-refractivity contribution is 0.0950. The smallest absolute Gasteiger partial charge is 0.251 e. The van der Waals surface area contributed by atoms with Gasteiger partial charge in [-0.25, -0.2) is 9.67 Å². The lowest BCUT2D eigenvalue weighted by Gasteiger charge is -2.07. The third-order valence-corrected chi connectivity index (χ3v) is 4.06. The molecule has 0 bridgehead atoms. The van der Waals surface area contributed by atoms with E-state index in [1.54, 1.807) is 12.1 Å². The van der Waals surface area contributed by atoms with Gasteiger partial charge >= 0.3 is 0 Å². The molecule has 1 N–H and O–H groups in total. The van der Waals surface area contributed by atoms with Gasteiger partial charge in [0.15, 0.2) is 0 Å². The fraction of sp³-hybridized carbons (Fsp3) is 0.167. The summed E-state index contributed by atoms with van der Waals surface area (Å²) in [6.07, 6.45) is 1.52. The first-order valence-electron chi connectivity index (χ1n) is 7.56. The number of pyridine rings is 1. The van der Waals surface area contributed by atoms with Crippen molar-refractivity contribution in [3.05, 3.63) is 76.3 Å². The van der Waals surface area contributed by atoms with Crippen molar-refractivity contribution in [2.75, 3.05) is 0 Å². The number of aromatic nitrogens is 3. The maximum atomic E-state index is 12.2. The summed E-state index contributed by atoms with van der Waals surface area (Å²) in [4.78, 5) is 16.1. The van der Waals surface area contributed by atoms with Crippen molar-refractivity contribution < 1.29 is 4.79 Å². The zero-order chi connectivity index (χ0) is 17.1. The second-order valence-corrected chi connectivity index (χ2v) is 5.83. The summed E-state index contributed by atoms with van der Waals surface area (Å²) in [5, 5.41) is 7.79. The Morgan fingerprint density at radius 1 is 1.21 bits per heavy atom. The molecule has 122 valence electrons. The van der Waals surface area contributed by atoms with Crippen LogP contribution < -0.4 is 5.32 Å². The minimum atomic E-state index is -0.189. The Hall–Kier alpha value is -2.66. The topological polar surface area (TPSA) is 59.8 Å². The molecular weight excluding hydrogens is 324 g/mol. The Morgan fingerprint density at radius 2 is 1.96 bits per heavy atom. The molecule has 6 heteroatoms. The number of nitrogens with one attached hydrogen (secondary N) is 1. The lowest BCUT2D eigenvalue weighted by atomic mass is 10.2. The van der Waals surface area contributed by atoms with Crippen molar-refractivity contribution in [2.24, 2.45) is 0 Å². The highest BCUT2D eigenvalue weighted by molar-refractivity contribution is 6.29. The Bertz CT molecular complexity index is 874. The summed E-state index contributed by atoms with van der Waals surface area (Å²) in [6.45, 7) is 4.35. The fourth-order valence-corrected chi connectivity index (χ4v) is 2.74. The summed E-state index contributed by atoms with van der Waals surface area (Å²) in [5.41, 5.74) is 4.39. The summed E-state index contributed by atoms with van der Waals surface area (Å²) >= 11 is 5.82. The van der Waals surface area contributed by atoms with Crippen LogP contribution in [-0.2, 0) is 6.54 Å². The molecular formula is C18H17ClN4O. The molecule has 2 heterocycles. The first-order valence-corrected chi connectivity index (χ1v) is 7.94. The van der Waals surface area contributed by atoms with Crippen LogP contribution in [0, 0.1) is 13.8 Å². The van der Waals surface area contributed by atoms with Crippen molar-refractivity contribution >= 4 is 17.5 Å². The van der Waals surface area contributed by atoms with Crippen molar-refractivity contribution in [1.29, 1.82) is 0 Å². The lowest BCUT2D eigenvalue weighted by Crippen LogP contribution is -2.23. The van der Waals surface area contributed by atoms with E-state index in [4.69, 9.17) is 11.6 Å². The van der Waals surface area contributed by atoms with E-state index in [9.17, 15) is 4.79 Å². The molecule has 0 saturated heterocycles. The fourth-order valence-electron chi connectivity index (χ4n) is 2.57. The Labute approximate surface area is 145 Å². The zero-order valence-electron chi connectivity index (χ0n) is 13.5. The number of amides is 1. The molecule has 24 heavy (non-hydrogen) atoms. The molecule has 3 rings (SSSR count). The number of nitrogens with zero attached hydrogens (tertiary/aromatic N) is 3. The molecule has 0 atom stereocenters. The molecule has 0 fully saturated rings. The number of hydrogen-bond acceptors (Lipinski definition) is 3. The second kappa shape index (κ2) is 6.84. The van der Waals surface area contributed by atoms with E-state index >= 15 is 0 Å². The van der Waals surface area contributed by atoms with Crippen LogP contribution in [0.25, 0.3) is 5.69 Å². The normalized spacial score (nSPS) is 10.6. The monoisotopic (exact) mass is 340 g/mol. The number of rotatable bonds is 4. The molecule has 0 saturated carbocycles. The van der Waals surface area contributed by atoms with E-state index in [2.05, 4.69) is 15.4 Å². The first kappa shape index (κ1) is 16.2. The average molecular weight is 341 g/mol. The van der Waals surface area contributed by atoms with E-state index in [1.807, 2.05) is 48.9 Å². The quantitative estimate of drug-likeness (QED) is 0.740. The molecule has 0 aliphatic heterocycles. The van der Waals surface area contributed by atoms with Gasteiger partial charge in [0, 0.05) is 29.6 Å². The minimum Gasteiger partial charge on any atom is -0.348 e. The van der Waals surface area contributed by atoms with Gasteiger partial charge in [-0.2, -0.15) is 5.10 Å². The largest absolute Gasteiger partial charge is 0.348 e. The molecule has 0 spiro atoms. The average Bonchev–Trinajstić information content (AvgIpc) is 2.88. The summed E-state index contributed by atoms with van der Waals surface area (Å²) in [7, 11) is 0. The van der Waals surface area contributed by atoms with Crippen LogP contribution in [0.5, 0.6) is 0 Å². The van der Waals surface area contributed by atoms with Crippen molar-refractivity contribution in [3.63, 3.8) is 0 Å². The number of aryl methyl sites for hydroxylation is 1. The van der Waals surface area contributed by atoms with Crippen LogP contribution in [0.4, 0.5) is 0 Å². The molecule has 5 nitrogen and oxygen atoms in total. The molecule has 1 amide bonds. The third kappa shape index (κ3) is 3.31. The number of carbonyl (C=O) groups excluding carboxylic acids is 1. The highest BCUT2D eigenvalue weighted by Crippen LogP contribution is 2.18. The number of benzene rings is 1. The predicted molar refractivity (Wildman–Crippen MR) is 93.5 cm³/mol. The van der Waals surface area contributed by atoms with Gasteiger partial charge in [-0.05, 0) is 38.1 Å². The van der Waals surface area contributed by atoms with Crippen molar-refractivity contribution in [3.8, 4) is 5.69 Å². The first-order chi connectivity index (χ1) is 11.6. The van der Waals surface area contributed by atoms with E-state index in [1.165, 1.54) is 6.20 Å². The molecule has 3 aromatic rings. The summed E-state index contributed by atoms with van der Waals surface area (Å²) < 4.78 is 1.89. The van der Waals surface area contributed by atoms with Crippen molar-refractivity contribution in [1.82, 2.24) is 20.1 Å². The van der Waals surface area contributed by atoms with E-state index in [0.29, 0.717) is 17.3 Å². The maximum Gasteiger partial charge on any atom is 0.251 e. The van der Waals surface area contributed by atoms with Gasteiger partial charge in [-0.3, -0.25) is 4.79 Å². The van der Waals surface area contributed by atoms with Gasteiger partial charge < -0.3 is 5.32 Å². The number of hydrogen-bond donors (Lipinski definition) is 1. The Balaban J connectivity index is 1.79. The van der Waals surface area contributed by atoms with Crippen LogP contribution in [0.15, 0.2) is 48.7 Å². The highest BCUT2D eigenvalue weighted by Gasteiger charge is 2.14. The Morgan fingerprint density at radius 3 is 2.67 bits per heavy atom. The van der Waals surface area contributed by atoms with Crippen LogP contribution in [-0.4, -0.2) is 20.7 Å². The highest BCUT2D eigenvalue weighted by atomic mass is 35.5. The van der Waals surface area contributed by atoms with Crippen LogP contribution >= 0.6 is 11.6 Å². The molecule has 0 aliphatic rings. The van der Waals surface area contributed by atoms with Gasteiger partial charge in [0.25, 0.3) is 5.91 Å². The van der Waals surface area contributed by atoms with Crippen molar-refractivity contribution in [2.45, 2.75) is 20.4 Å². The SMILES string of the molecule is Cc1nn(-c2ccccc2)c(C)c1CNC(=O)c1ccnc(Cl)c1. The van der Waals surface area contributed by atoms with Gasteiger partial charge in [-0.15, -0.1) is 0 Å². The molecule has 1 aromatic carbocycles. The predicted octanol–water partition coefficient (Wildman–Crippen LogP) is 3.47. The summed E-state index contributed by atoms with van der Waals surface area (Å²) in [5.74, 6) is -0.189. The summed E-state index contributed by atoms with van der Waals surface area (Å²) in [6, 6.07) is 13.1. The van der Waals surface area contributed by atoms with E-state index in [0.717, 1.165) is 22.6 Å². The standard InChI is InChI=1S/C18H17ClN4O/c1-12-16(11-21-18(24)14-8-9-20-17(19)10-14)13(2)23(22-12)15-6-4-3-5-7-15/h3-10H,11H2,1-2H3,(H,21,24). The number of carbonyl (C=O) groups is 1. The minimum absolute atomic E-state index is 0.189. The van der Waals surface area contributed by atoms with Crippen LogP contribution in [0.1, 0.15) is 27.3 Å². The second-order valence-electron chi connectivity index (χ2n) is 5.45. The van der Waals surface area contributed by atoms with Gasteiger partial charge in [-0.1, -0.05) is 29.8 Å². The van der Waals surface area contributed by atoms with E-state index < -0.39 is 0 Å². The molecule has 0 unspecified atom stereocenters. The molecule has 0 radical (unpaired) electrons. The van der Waals surface area contributed by atoms with E-state index in [-0.39, 0.29) is 5.91 Å². The molecule has 2 aromatic heterocycles. The molecule has 0 aliphatic carbocycles. The number of halogens is 1. The number of para-hydroxylation sites is 1. The third-order valence-electron chi connectivity index (χ3n) is 3.86.